The van der Waals surface area contributed by atoms with Crippen LogP contribution in [-0.4, -0.2) is 16.5 Å². The van der Waals surface area contributed by atoms with Crippen LogP contribution in [0.5, 0.6) is 0 Å². The maximum Gasteiger partial charge on any atom is 0.258 e. The van der Waals surface area contributed by atoms with E-state index in [0.29, 0.717) is 17.5 Å². The molecule has 0 aromatic heterocycles. The minimum absolute atomic E-state index is 0.101. The van der Waals surface area contributed by atoms with Crippen LogP contribution in [0, 0.1) is 5.92 Å². The van der Waals surface area contributed by atoms with E-state index >= 15 is 0 Å². The zero-order chi connectivity index (χ0) is 17.4. The van der Waals surface area contributed by atoms with Crippen molar-refractivity contribution in [3.05, 3.63) is 64.7 Å². The summed E-state index contributed by atoms with van der Waals surface area (Å²) < 4.78 is 0. The Labute approximate surface area is 154 Å². The van der Waals surface area contributed by atoms with Gasteiger partial charge in [0.05, 0.1) is 5.56 Å². The van der Waals surface area contributed by atoms with Gasteiger partial charge in [0.2, 0.25) is 0 Å². The predicted molar refractivity (Wildman–Crippen MR) is 102 cm³/mol. The Hall–Kier alpha value is -2.00. The SMILES string of the molecule is CC1CCC2(CC1)Nc1ccccc1C(=O)N2Cc1ccccc1Cl. The van der Waals surface area contributed by atoms with E-state index in [9.17, 15) is 4.79 Å². The molecule has 1 fully saturated rings. The summed E-state index contributed by atoms with van der Waals surface area (Å²) in [4.78, 5) is 15.3. The highest BCUT2D eigenvalue weighted by Gasteiger charge is 2.46. The molecule has 3 nitrogen and oxygen atoms in total. The third kappa shape index (κ3) is 2.91. The van der Waals surface area contributed by atoms with Crippen LogP contribution < -0.4 is 5.32 Å². The van der Waals surface area contributed by atoms with Crippen LogP contribution in [0.1, 0.15) is 48.5 Å². The molecule has 4 heteroatoms. The molecule has 1 heterocycles. The van der Waals surface area contributed by atoms with Gasteiger partial charge in [0.15, 0.2) is 0 Å². The van der Waals surface area contributed by atoms with Crippen molar-refractivity contribution in [2.24, 2.45) is 5.92 Å². The van der Waals surface area contributed by atoms with Crippen LogP contribution in [-0.2, 0) is 6.54 Å². The zero-order valence-electron chi connectivity index (χ0n) is 14.5. The first-order chi connectivity index (χ1) is 12.1. The first-order valence-electron chi connectivity index (χ1n) is 9.02. The van der Waals surface area contributed by atoms with Crippen LogP contribution in [0.3, 0.4) is 0 Å². The highest BCUT2D eigenvalue weighted by atomic mass is 35.5. The van der Waals surface area contributed by atoms with Crippen molar-refractivity contribution < 1.29 is 4.79 Å². The maximum absolute atomic E-state index is 13.3. The molecule has 4 rings (SSSR count). The van der Waals surface area contributed by atoms with Crippen molar-refractivity contribution in [2.45, 2.75) is 44.8 Å². The quantitative estimate of drug-likeness (QED) is 0.792. The van der Waals surface area contributed by atoms with E-state index in [1.807, 2.05) is 53.4 Å². The molecule has 0 atom stereocenters. The second-order valence-electron chi connectivity index (χ2n) is 7.37. The molecule has 0 unspecified atom stereocenters. The van der Waals surface area contributed by atoms with E-state index < -0.39 is 0 Å². The summed E-state index contributed by atoms with van der Waals surface area (Å²) in [7, 11) is 0. The lowest BCUT2D eigenvalue weighted by Crippen LogP contribution is -2.60. The zero-order valence-corrected chi connectivity index (χ0v) is 15.2. The molecule has 2 aromatic carbocycles. The number of anilines is 1. The Balaban J connectivity index is 1.75. The average Bonchev–Trinajstić information content (AvgIpc) is 2.63. The Morgan fingerprint density at radius 3 is 2.56 bits per heavy atom. The van der Waals surface area contributed by atoms with Gasteiger partial charge in [0.25, 0.3) is 5.91 Å². The number of para-hydroxylation sites is 1. The van der Waals surface area contributed by atoms with E-state index in [0.717, 1.165) is 42.5 Å². The van der Waals surface area contributed by atoms with Gasteiger partial charge < -0.3 is 10.2 Å². The van der Waals surface area contributed by atoms with Gasteiger partial charge >= 0.3 is 0 Å². The van der Waals surface area contributed by atoms with Gasteiger partial charge in [-0.25, -0.2) is 0 Å². The second-order valence-corrected chi connectivity index (χ2v) is 7.77. The van der Waals surface area contributed by atoms with Gasteiger partial charge in [-0.3, -0.25) is 4.79 Å². The molecule has 1 saturated carbocycles. The lowest BCUT2D eigenvalue weighted by atomic mass is 9.79. The number of carbonyl (C=O) groups is 1. The number of fused-ring (bicyclic) bond motifs is 1. The minimum atomic E-state index is -0.308. The van der Waals surface area contributed by atoms with Crippen molar-refractivity contribution >= 4 is 23.2 Å². The number of halogens is 1. The van der Waals surface area contributed by atoms with Crippen molar-refractivity contribution in [3.63, 3.8) is 0 Å². The van der Waals surface area contributed by atoms with Crippen molar-refractivity contribution in [1.29, 1.82) is 0 Å². The normalized spacial score (nSPS) is 25.6. The Kier molecular flexibility index (Phi) is 4.20. The van der Waals surface area contributed by atoms with Gasteiger partial charge in [0.1, 0.15) is 5.66 Å². The molecule has 0 saturated heterocycles. The molecule has 25 heavy (non-hydrogen) atoms. The first kappa shape index (κ1) is 16.5. The molecule has 1 aliphatic heterocycles. The first-order valence-corrected chi connectivity index (χ1v) is 9.39. The largest absolute Gasteiger partial charge is 0.362 e. The average molecular weight is 355 g/mol. The topological polar surface area (TPSA) is 32.3 Å². The third-order valence-corrected chi connectivity index (χ3v) is 6.04. The summed E-state index contributed by atoms with van der Waals surface area (Å²) in [6, 6.07) is 15.6. The smallest absolute Gasteiger partial charge is 0.258 e. The van der Waals surface area contributed by atoms with Gasteiger partial charge in [-0.15, -0.1) is 0 Å². The molecule has 2 aliphatic rings. The molecule has 1 spiro atoms. The van der Waals surface area contributed by atoms with Crippen LogP contribution >= 0.6 is 11.6 Å². The number of hydrogen-bond acceptors (Lipinski definition) is 2. The third-order valence-electron chi connectivity index (χ3n) is 5.67. The molecule has 0 radical (unpaired) electrons. The highest BCUT2D eigenvalue weighted by molar-refractivity contribution is 6.31. The Morgan fingerprint density at radius 2 is 1.80 bits per heavy atom. The van der Waals surface area contributed by atoms with Crippen LogP contribution in [0.2, 0.25) is 5.02 Å². The summed E-state index contributed by atoms with van der Waals surface area (Å²) in [6.07, 6.45) is 4.19. The monoisotopic (exact) mass is 354 g/mol. The number of amides is 1. The standard InChI is InChI=1S/C21H23ClN2O/c1-15-10-12-21(13-11-15)23-19-9-5-3-7-17(19)20(25)24(21)14-16-6-2-4-8-18(16)22/h2-9,15,23H,10-14H2,1H3. The fourth-order valence-corrected chi connectivity index (χ4v) is 4.29. The van der Waals surface area contributed by atoms with Gasteiger partial charge in [0, 0.05) is 17.3 Å². The van der Waals surface area contributed by atoms with E-state index in [1.165, 1.54) is 0 Å². The summed E-state index contributed by atoms with van der Waals surface area (Å²) in [5.74, 6) is 0.811. The number of carbonyl (C=O) groups excluding carboxylic acids is 1. The Morgan fingerprint density at radius 1 is 1.12 bits per heavy atom. The fraction of sp³-hybridized carbons (Fsp3) is 0.381. The number of nitrogens with one attached hydrogen (secondary N) is 1. The van der Waals surface area contributed by atoms with Crippen molar-refractivity contribution in [3.8, 4) is 0 Å². The van der Waals surface area contributed by atoms with Gasteiger partial charge in [-0.1, -0.05) is 48.9 Å². The van der Waals surface area contributed by atoms with Crippen LogP contribution in [0.25, 0.3) is 0 Å². The molecule has 1 N–H and O–H groups in total. The molecule has 1 amide bonds. The highest BCUT2D eigenvalue weighted by Crippen LogP contribution is 2.42. The maximum atomic E-state index is 13.3. The predicted octanol–water partition coefficient (Wildman–Crippen LogP) is 5.31. The number of nitrogens with zero attached hydrogens (tertiary/aromatic N) is 1. The summed E-state index contributed by atoms with van der Waals surface area (Å²) >= 11 is 6.38. The number of benzene rings is 2. The minimum Gasteiger partial charge on any atom is -0.362 e. The van der Waals surface area contributed by atoms with E-state index in [-0.39, 0.29) is 11.6 Å². The number of rotatable bonds is 2. The van der Waals surface area contributed by atoms with Gasteiger partial charge in [-0.2, -0.15) is 0 Å². The summed E-state index contributed by atoms with van der Waals surface area (Å²) in [5, 5.41) is 4.43. The van der Waals surface area contributed by atoms with Crippen LogP contribution in [0.4, 0.5) is 5.69 Å². The van der Waals surface area contributed by atoms with Gasteiger partial charge in [-0.05, 0) is 55.4 Å². The Bertz CT molecular complexity index is 796. The second kappa shape index (κ2) is 6.38. The summed E-state index contributed by atoms with van der Waals surface area (Å²) in [6.45, 7) is 2.83. The lowest BCUT2D eigenvalue weighted by Gasteiger charge is -2.51. The van der Waals surface area contributed by atoms with E-state index in [1.54, 1.807) is 0 Å². The summed E-state index contributed by atoms with van der Waals surface area (Å²) in [5.41, 5.74) is 2.39. The van der Waals surface area contributed by atoms with Crippen LogP contribution in [0.15, 0.2) is 48.5 Å². The van der Waals surface area contributed by atoms with Crippen molar-refractivity contribution in [1.82, 2.24) is 4.90 Å². The number of hydrogen-bond donors (Lipinski definition) is 1. The van der Waals surface area contributed by atoms with E-state index in [2.05, 4.69) is 12.2 Å². The fourth-order valence-electron chi connectivity index (χ4n) is 4.09. The molecular formula is C21H23ClN2O. The molecular weight excluding hydrogens is 332 g/mol. The molecule has 1 aliphatic carbocycles. The lowest BCUT2D eigenvalue weighted by molar-refractivity contribution is 0.0318. The molecule has 2 aromatic rings. The van der Waals surface area contributed by atoms with E-state index in [4.69, 9.17) is 11.6 Å². The molecule has 130 valence electrons. The van der Waals surface area contributed by atoms with Crippen molar-refractivity contribution in [2.75, 3.05) is 5.32 Å². The molecule has 0 bridgehead atoms.